The summed E-state index contributed by atoms with van der Waals surface area (Å²) in [4.78, 5) is 37.2. The van der Waals surface area contributed by atoms with Crippen LogP contribution in [0.2, 0.25) is 0 Å². The minimum atomic E-state index is -0.622. The molecule has 0 spiro atoms. The lowest BCUT2D eigenvalue weighted by molar-refractivity contribution is -0.125. The van der Waals surface area contributed by atoms with Crippen LogP contribution in [0.25, 0.3) is 11.1 Å². The molecule has 1 saturated carbocycles. The van der Waals surface area contributed by atoms with Crippen molar-refractivity contribution in [3.8, 4) is 11.1 Å². The summed E-state index contributed by atoms with van der Waals surface area (Å²) in [7, 11) is 0. The first-order valence-electron chi connectivity index (χ1n) is 9.81. The van der Waals surface area contributed by atoms with E-state index in [0.717, 1.165) is 18.4 Å². The highest BCUT2D eigenvalue weighted by Gasteiger charge is 2.32. The minimum absolute atomic E-state index is 0.0179. The minimum Gasteiger partial charge on any atom is -0.452 e. The van der Waals surface area contributed by atoms with Crippen molar-refractivity contribution in [3.63, 3.8) is 0 Å². The first-order chi connectivity index (χ1) is 13.9. The monoisotopic (exact) mass is 414 g/mol. The molecule has 1 atom stereocenters. The van der Waals surface area contributed by atoms with Crippen LogP contribution in [-0.2, 0) is 14.3 Å². The SMILES string of the molecule is CC(C)[C@@H](C)NC(=O)COC(=O)c1c(-c2ccccc2)csc1NC(=O)C1CC1. The molecule has 3 rings (SSSR count). The Hall–Kier alpha value is -2.67. The summed E-state index contributed by atoms with van der Waals surface area (Å²) in [5.74, 6) is -0.753. The molecule has 29 heavy (non-hydrogen) atoms. The van der Waals surface area contributed by atoms with Gasteiger partial charge in [-0.1, -0.05) is 44.2 Å². The van der Waals surface area contributed by atoms with E-state index >= 15 is 0 Å². The molecule has 2 N–H and O–H groups in total. The van der Waals surface area contributed by atoms with E-state index in [0.29, 0.717) is 16.1 Å². The van der Waals surface area contributed by atoms with Gasteiger partial charge in [-0.2, -0.15) is 0 Å². The molecular weight excluding hydrogens is 388 g/mol. The number of thiophene rings is 1. The Morgan fingerprint density at radius 1 is 1.14 bits per heavy atom. The molecule has 1 aromatic heterocycles. The molecule has 2 amide bonds. The number of carbonyl (C=O) groups excluding carboxylic acids is 3. The summed E-state index contributed by atoms with van der Waals surface area (Å²) >= 11 is 1.29. The molecule has 0 unspecified atom stereocenters. The van der Waals surface area contributed by atoms with Crippen LogP contribution in [0.4, 0.5) is 5.00 Å². The number of benzene rings is 1. The number of anilines is 1. The van der Waals surface area contributed by atoms with Crippen molar-refractivity contribution in [1.82, 2.24) is 5.32 Å². The van der Waals surface area contributed by atoms with Gasteiger partial charge in [-0.05, 0) is 31.2 Å². The van der Waals surface area contributed by atoms with Gasteiger partial charge in [-0.3, -0.25) is 9.59 Å². The first-order valence-corrected chi connectivity index (χ1v) is 10.7. The molecule has 1 aliphatic rings. The molecule has 0 aliphatic heterocycles. The number of nitrogens with one attached hydrogen (secondary N) is 2. The van der Waals surface area contributed by atoms with E-state index in [1.807, 2.05) is 56.5 Å². The highest BCUT2D eigenvalue weighted by molar-refractivity contribution is 7.15. The topological polar surface area (TPSA) is 84.5 Å². The van der Waals surface area contributed by atoms with Crippen molar-refractivity contribution in [2.45, 2.75) is 39.7 Å². The molecule has 1 heterocycles. The number of rotatable bonds is 8. The normalized spacial score (nSPS) is 14.3. The van der Waals surface area contributed by atoms with E-state index in [4.69, 9.17) is 4.74 Å². The Morgan fingerprint density at radius 3 is 2.45 bits per heavy atom. The van der Waals surface area contributed by atoms with Gasteiger partial charge in [0, 0.05) is 22.9 Å². The summed E-state index contributed by atoms with van der Waals surface area (Å²) in [6, 6.07) is 9.42. The number of carbonyl (C=O) groups is 3. The quantitative estimate of drug-likeness (QED) is 0.638. The summed E-state index contributed by atoms with van der Waals surface area (Å²) in [5, 5.41) is 7.96. The van der Waals surface area contributed by atoms with Gasteiger partial charge in [-0.25, -0.2) is 4.79 Å². The predicted octanol–water partition coefficient (Wildman–Crippen LogP) is 4.08. The predicted molar refractivity (Wildman–Crippen MR) is 114 cm³/mol. The molecule has 7 heteroatoms. The standard InChI is InChI=1S/C22H26N2O4S/c1-13(2)14(3)23-18(25)11-28-22(27)19-17(15-7-5-4-6-8-15)12-29-21(19)24-20(26)16-9-10-16/h4-8,12-14,16H,9-11H2,1-3H3,(H,23,25)(H,24,26)/t14-/m1/s1. The first kappa shape index (κ1) is 21.0. The van der Waals surface area contributed by atoms with Gasteiger partial charge in [0.1, 0.15) is 10.6 Å². The van der Waals surface area contributed by atoms with E-state index in [2.05, 4.69) is 10.6 Å². The zero-order chi connectivity index (χ0) is 21.0. The smallest absolute Gasteiger partial charge is 0.342 e. The van der Waals surface area contributed by atoms with Crippen molar-refractivity contribution < 1.29 is 19.1 Å². The van der Waals surface area contributed by atoms with Crippen molar-refractivity contribution in [3.05, 3.63) is 41.3 Å². The molecule has 6 nitrogen and oxygen atoms in total. The third-order valence-electron chi connectivity index (χ3n) is 4.99. The highest BCUT2D eigenvalue weighted by Crippen LogP contribution is 2.38. The third-order valence-corrected chi connectivity index (χ3v) is 5.88. The number of hydrogen-bond acceptors (Lipinski definition) is 5. The number of amides is 2. The number of ether oxygens (including phenoxy) is 1. The van der Waals surface area contributed by atoms with Gasteiger partial charge >= 0.3 is 5.97 Å². The van der Waals surface area contributed by atoms with Gasteiger partial charge in [0.2, 0.25) is 5.91 Å². The summed E-state index contributed by atoms with van der Waals surface area (Å²) in [5.41, 5.74) is 1.82. The van der Waals surface area contributed by atoms with Gasteiger partial charge in [0.15, 0.2) is 6.61 Å². The lowest BCUT2D eigenvalue weighted by Gasteiger charge is -2.17. The maximum Gasteiger partial charge on any atom is 0.342 e. The van der Waals surface area contributed by atoms with Crippen molar-refractivity contribution in [2.24, 2.45) is 11.8 Å². The van der Waals surface area contributed by atoms with E-state index in [9.17, 15) is 14.4 Å². The van der Waals surface area contributed by atoms with E-state index in [1.54, 1.807) is 0 Å². The molecule has 1 aliphatic carbocycles. The Morgan fingerprint density at radius 2 is 1.83 bits per heavy atom. The fourth-order valence-electron chi connectivity index (χ4n) is 2.71. The van der Waals surface area contributed by atoms with Crippen LogP contribution in [0, 0.1) is 11.8 Å². The van der Waals surface area contributed by atoms with Crippen LogP contribution in [0.15, 0.2) is 35.7 Å². The largest absolute Gasteiger partial charge is 0.452 e. The van der Waals surface area contributed by atoms with E-state index < -0.39 is 5.97 Å². The maximum atomic E-state index is 12.9. The van der Waals surface area contributed by atoms with Gasteiger partial charge in [0.05, 0.1) is 0 Å². The maximum absolute atomic E-state index is 12.9. The lowest BCUT2D eigenvalue weighted by atomic mass is 10.0. The average molecular weight is 415 g/mol. The Balaban J connectivity index is 1.77. The lowest BCUT2D eigenvalue weighted by Crippen LogP contribution is -2.38. The Bertz CT molecular complexity index is 887. The van der Waals surface area contributed by atoms with Gasteiger partial charge in [-0.15, -0.1) is 11.3 Å². The van der Waals surface area contributed by atoms with Crippen LogP contribution in [0.3, 0.4) is 0 Å². The highest BCUT2D eigenvalue weighted by atomic mass is 32.1. The molecule has 1 fully saturated rings. The van der Waals surface area contributed by atoms with Crippen LogP contribution < -0.4 is 10.6 Å². The fraction of sp³-hybridized carbons (Fsp3) is 0.409. The second kappa shape index (κ2) is 9.22. The zero-order valence-electron chi connectivity index (χ0n) is 16.9. The summed E-state index contributed by atoms with van der Waals surface area (Å²) < 4.78 is 5.29. The molecule has 1 aromatic carbocycles. The second-order valence-electron chi connectivity index (χ2n) is 7.66. The second-order valence-corrected chi connectivity index (χ2v) is 8.54. The fourth-order valence-corrected chi connectivity index (χ4v) is 3.67. The van der Waals surface area contributed by atoms with Crippen LogP contribution in [0.1, 0.15) is 44.0 Å². The number of hydrogen-bond donors (Lipinski definition) is 2. The Kier molecular flexibility index (Phi) is 6.69. The van der Waals surface area contributed by atoms with E-state index in [1.165, 1.54) is 11.3 Å². The summed E-state index contributed by atoms with van der Waals surface area (Å²) in [6.07, 6.45) is 1.74. The molecule has 0 radical (unpaired) electrons. The average Bonchev–Trinajstić information content (AvgIpc) is 3.47. The molecule has 0 saturated heterocycles. The molecule has 154 valence electrons. The zero-order valence-corrected chi connectivity index (χ0v) is 17.7. The summed E-state index contributed by atoms with van der Waals surface area (Å²) in [6.45, 7) is 5.55. The van der Waals surface area contributed by atoms with E-state index in [-0.39, 0.29) is 36.3 Å². The van der Waals surface area contributed by atoms with Crippen LogP contribution in [0.5, 0.6) is 0 Å². The van der Waals surface area contributed by atoms with Crippen molar-refractivity contribution in [2.75, 3.05) is 11.9 Å². The third kappa shape index (κ3) is 5.44. The molecule has 2 aromatic rings. The van der Waals surface area contributed by atoms with Crippen LogP contribution in [-0.4, -0.2) is 30.4 Å². The Labute approximate surface area is 174 Å². The molecule has 0 bridgehead atoms. The number of esters is 1. The van der Waals surface area contributed by atoms with Crippen LogP contribution >= 0.6 is 11.3 Å². The van der Waals surface area contributed by atoms with Crippen molar-refractivity contribution in [1.29, 1.82) is 0 Å². The van der Waals surface area contributed by atoms with Crippen molar-refractivity contribution >= 4 is 34.1 Å². The molecular formula is C22H26N2O4S. The van der Waals surface area contributed by atoms with Gasteiger partial charge in [0.25, 0.3) is 5.91 Å². The van der Waals surface area contributed by atoms with Gasteiger partial charge < -0.3 is 15.4 Å².